The van der Waals surface area contributed by atoms with Crippen molar-refractivity contribution in [2.45, 2.75) is 115 Å². The Kier molecular flexibility index (Phi) is 6.23. The highest BCUT2D eigenvalue weighted by Gasteiger charge is 2.67. The Morgan fingerprint density at radius 1 is 1.18 bits per heavy atom. The molecule has 6 heteroatoms. The van der Waals surface area contributed by atoms with E-state index in [1.54, 1.807) is 13.8 Å². The normalized spacial score (nSPS) is 47.3. The fourth-order valence-corrected chi connectivity index (χ4v) is 8.26. The Morgan fingerprint density at radius 2 is 1.85 bits per heavy atom. The van der Waals surface area contributed by atoms with E-state index in [0.29, 0.717) is 32.1 Å². The topological polar surface area (TPSA) is 118 Å². The van der Waals surface area contributed by atoms with Crippen LogP contribution >= 0.6 is 0 Å². The summed E-state index contributed by atoms with van der Waals surface area (Å²) >= 11 is 0. The summed E-state index contributed by atoms with van der Waals surface area (Å²) in [5.74, 6) is -0.299. The van der Waals surface area contributed by atoms with Crippen LogP contribution in [0.5, 0.6) is 0 Å². The molecule has 3 saturated carbocycles. The molecule has 4 rings (SSSR count). The van der Waals surface area contributed by atoms with Gasteiger partial charge in [-0.15, -0.1) is 0 Å². The summed E-state index contributed by atoms with van der Waals surface area (Å²) in [5.41, 5.74) is -2.06. The van der Waals surface area contributed by atoms with Gasteiger partial charge in [0, 0.05) is 10.8 Å². The summed E-state index contributed by atoms with van der Waals surface area (Å²) in [6, 6.07) is 0. The van der Waals surface area contributed by atoms with Gasteiger partial charge >= 0.3 is 0 Å². The maximum absolute atomic E-state index is 13.3. The zero-order valence-corrected chi connectivity index (χ0v) is 20.9. The van der Waals surface area contributed by atoms with Crippen molar-refractivity contribution in [2.24, 2.45) is 34.5 Å². The number of aliphatic hydroxyl groups is 5. The van der Waals surface area contributed by atoms with Crippen LogP contribution in [-0.4, -0.2) is 60.8 Å². The number of carbonyl (C=O) groups excluding carboxylic acids is 1. The Labute approximate surface area is 198 Å². The lowest BCUT2D eigenvalue weighted by molar-refractivity contribution is -0.168. The second kappa shape index (κ2) is 8.12. The van der Waals surface area contributed by atoms with E-state index in [0.717, 1.165) is 24.8 Å². The molecule has 33 heavy (non-hydrogen) atoms. The molecular formula is C27H44O6. The highest BCUT2D eigenvalue weighted by Crippen LogP contribution is 2.68. The van der Waals surface area contributed by atoms with Gasteiger partial charge in [-0.25, -0.2) is 0 Å². The highest BCUT2D eigenvalue weighted by atomic mass is 16.3. The molecule has 0 heterocycles. The average Bonchev–Trinajstić information content (AvgIpc) is 3.02. The summed E-state index contributed by atoms with van der Waals surface area (Å²) in [4.78, 5) is 13.3. The SMILES string of the molecule is C[C@H](C(O)CCC(C)(C)O)[C@H]1CC[C@@]2(O)C3=CCC4CC(O)C(O)C(=O)[C@]4(C)[C@H]3CC[C@]12C. The van der Waals surface area contributed by atoms with Crippen LogP contribution < -0.4 is 0 Å². The van der Waals surface area contributed by atoms with Gasteiger partial charge in [-0.05, 0) is 94.5 Å². The molecule has 0 aromatic rings. The monoisotopic (exact) mass is 464 g/mol. The molecule has 0 aromatic heterocycles. The zero-order valence-electron chi connectivity index (χ0n) is 20.9. The summed E-state index contributed by atoms with van der Waals surface area (Å²) in [5, 5.41) is 53.8. The molecule has 10 atom stereocenters. The van der Waals surface area contributed by atoms with E-state index in [-0.39, 0.29) is 29.5 Å². The molecular weight excluding hydrogens is 420 g/mol. The summed E-state index contributed by atoms with van der Waals surface area (Å²) in [7, 11) is 0. The molecule has 0 amide bonds. The fraction of sp³-hybridized carbons (Fsp3) is 0.889. The number of ketones is 1. The van der Waals surface area contributed by atoms with Crippen LogP contribution in [0.25, 0.3) is 0 Å². The first-order valence-electron chi connectivity index (χ1n) is 12.9. The van der Waals surface area contributed by atoms with Crippen LogP contribution in [0.3, 0.4) is 0 Å². The number of hydrogen-bond donors (Lipinski definition) is 5. The third kappa shape index (κ3) is 3.67. The number of fused-ring (bicyclic) bond motifs is 5. The number of aliphatic hydroxyl groups excluding tert-OH is 3. The lowest BCUT2D eigenvalue weighted by Gasteiger charge is -2.60. The van der Waals surface area contributed by atoms with Crippen molar-refractivity contribution < 1.29 is 30.3 Å². The first-order valence-corrected chi connectivity index (χ1v) is 12.9. The number of hydrogen-bond acceptors (Lipinski definition) is 6. The van der Waals surface area contributed by atoms with Crippen LogP contribution in [0.15, 0.2) is 11.6 Å². The van der Waals surface area contributed by atoms with E-state index in [2.05, 4.69) is 19.9 Å². The molecule has 6 nitrogen and oxygen atoms in total. The Hall–Kier alpha value is -0.790. The van der Waals surface area contributed by atoms with E-state index < -0.39 is 40.3 Å². The first kappa shape index (κ1) is 25.3. The largest absolute Gasteiger partial charge is 0.393 e. The van der Waals surface area contributed by atoms with Crippen LogP contribution in [0.2, 0.25) is 0 Å². The van der Waals surface area contributed by atoms with Gasteiger partial charge in [0.05, 0.1) is 23.4 Å². The van der Waals surface area contributed by atoms with E-state index in [4.69, 9.17) is 0 Å². The standard InChI is InChI=1S/C27H44O6/c1-15(20(28)10-11-24(2,3)32)17-9-13-27(33)19-7-6-16-14-21(29)22(30)23(31)26(16,5)18(19)8-12-25(17,27)4/h7,15-18,20-22,28-30,32-33H,6,8-14H2,1-5H3/t15-,16?,17+,18-,20?,21?,22?,25+,26-,27+/m0/s1. The second-order valence-electron chi connectivity index (χ2n) is 12.8. The maximum atomic E-state index is 13.3. The van der Waals surface area contributed by atoms with Gasteiger partial charge in [0.15, 0.2) is 5.78 Å². The van der Waals surface area contributed by atoms with Gasteiger partial charge in [-0.2, -0.15) is 0 Å². The minimum Gasteiger partial charge on any atom is -0.393 e. The van der Waals surface area contributed by atoms with Gasteiger partial charge in [-0.3, -0.25) is 4.79 Å². The van der Waals surface area contributed by atoms with Crippen LogP contribution in [0.1, 0.15) is 86.0 Å². The first-order chi connectivity index (χ1) is 15.2. The molecule has 4 aliphatic carbocycles. The fourth-order valence-electron chi connectivity index (χ4n) is 8.26. The molecule has 4 aliphatic rings. The van der Waals surface area contributed by atoms with E-state index in [1.165, 1.54) is 0 Å². The average molecular weight is 465 g/mol. The number of carbonyl (C=O) groups is 1. The van der Waals surface area contributed by atoms with Crippen molar-refractivity contribution in [3.8, 4) is 0 Å². The van der Waals surface area contributed by atoms with Crippen molar-refractivity contribution in [1.29, 1.82) is 0 Å². The third-order valence-corrected chi connectivity index (χ3v) is 10.6. The maximum Gasteiger partial charge on any atom is 0.170 e. The molecule has 188 valence electrons. The Balaban J connectivity index is 1.61. The van der Waals surface area contributed by atoms with E-state index >= 15 is 0 Å². The van der Waals surface area contributed by atoms with Gasteiger partial charge < -0.3 is 25.5 Å². The molecule has 3 fully saturated rings. The van der Waals surface area contributed by atoms with Crippen molar-refractivity contribution in [2.75, 3.05) is 0 Å². The van der Waals surface area contributed by atoms with Crippen molar-refractivity contribution in [3.63, 3.8) is 0 Å². The molecule has 0 spiro atoms. The lowest BCUT2D eigenvalue weighted by Crippen LogP contribution is -2.63. The van der Waals surface area contributed by atoms with E-state index in [1.807, 2.05) is 6.92 Å². The van der Waals surface area contributed by atoms with Gasteiger partial charge in [0.1, 0.15) is 6.10 Å². The lowest BCUT2D eigenvalue weighted by atomic mass is 9.45. The second-order valence-corrected chi connectivity index (χ2v) is 12.8. The molecule has 0 aromatic carbocycles. The summed E-state index contributed by atoms with van der Waals surface area (Å²) < 4.78 is 0. The molecule has 0 aliphatic heterocycles. The van der Waals surface area contributed by atoms with Crippen molar-refractivity contribution >= 4 is 5.78 Å². The predicted octanol–water partition coefficient (Wildman–Crippen LogP) is 2.74. The van der Waals surface area contributed by atoms with Gasteiger partial charge in [-0.1, -0.05) is 26.8 Å². The van der Waals surface area contributed by atoms with Crippen LogP contribution in [0.4, 0.5) is 0 Å². The summed E-state index contributed by atoms with van der Waals surface area (Å²) in [6.07, 6.45) is 4.25. The molecule has 5 N–H and O–H groups in total. The molecule has 0 saturated heterocycles. The Bertz CT molecular complexity index is 816. The van der Waals surface area contributed by atoms with Gasteiger partial charge in [0.25, 0.3) is 0 Å². The minimum atomic E-state index is -1.35. The molecule has 0 radical (unpaired) electrons. The third-order valence-electron chi connectivity index (χ3n) is 10.6. The molecule has 4 unspecified atom stereocenters. The van der Waals surface area contributed by atoms with Crippen LogP contribution in [-0.2, 0) is 4.79 Å². The number of allylic oxidation sites excluding steroid dienone is 1. The minimum absolute atomic E-state index is 0.0104. The van der Waals surface area contributed by atoms with Crippen molar-refractivity contribution in [1.82, 2.24) is 0 Å². The quantitative estimate of drug-likeness (QED) is 0.399. The predicted molar refractivity (Wildman–Crippen MR) is 125 cm³/mol. The van der Waals surface area contributed by atoms with Crippen LogP contribution in [0, 0.1) is 34.5 Å². The smallest absolute Gasteiger partial charge is 0.170 e. The van der Waals surface area contributed by atoms with E-state index in [9.17, 15) is 30.3 Å². The summed E-state index contributed by atoms with van der Waals surface area (Å²) in [6.45, 7) is 9.67. The highest BCUT2D eigenvalue weighted by molar-refractivity contribution is 5.91. The van der Waals surface area contributed by atoms with Crippen molar-refractivity contribution in [3.05, 3.63) is 11.6 Å². The molecule has 0 bridgehead atoms. The van der Waals surface area contributed by atoms with Gasteiger partial charge in [0.2, 0.25) is 0 Å². The zero-order chi connectivity index (χ0) is 24.6. The number of rotatable bonds is 5. The Morgan fingerprint density at radius 3 is 2.48 bits per heavy atom. The number of Topliss-reactive ketones (excluding diaryl/α,β-unsaturated/α-hetero) is 1.